The third-order valence-corrected chi connectivity index (χ3v) is 5.13. The Bertz CT molecular complexity index is 1370. The highest BCUT2D eigenvalue weighted by Crippen LogP contribution is 2.27. The Kier molecular flexibility index (Phi) is 4.64. The number of benzene rings is 3. The van der Waals surface area contributed by atoms with Crippen molar-refractivity contribution in [1.29, 1.82) is 0 Å². The van der Waals surface area contributed by atoms with Crippen LogP contribution in [0.4, 0.5) is 5.82 Å². The Morgan fingerprint density at radius 2 is 1.61 bits per heavy atom. The van der Waals surface area contributed by atoms with Crippen LogP contribution in [0.25, 0.3) is 33.7 Å². The van der Waals surface area contributed by atoms with Crippen molar-refractivity contribution in [2.45, 2.75) is 6.54 Å². The molecule has 0 fully saturated rings. The van der Waals surface area contributed by atoms with Crippen molar-refractivity contribution in [3.63, 3.8) is 0 Å². The SMILES string of the molecule is Nc1nonc1-c1nc2ccccc2n1C/C(=N/O)c1ccc(-c2ccccc2)cc1. The predicted molar refractivity (Wildman–Crippen MR) is 118 cm³/mol. The van der Waals surface area contributed by atoms with Gasteiger partial charge in [-0.2, -0.15) is 0 Å². The van der Waals surface area contributed by atoms with Crippen LogP contribution in [-0.2, 0) is 6.54 Å². The van der Waals surface area contributed by atoms with Gasteiger partial charge in [0, 0.05) is 5.56 Å². The van der Waals surface area contributed by atoms with Gasteiger partial charge in [-0.05, 0) is 33.6 Å². The number of aromatic nitrogens is 4. The van der Waals surface area contributed by atoms with Crippen LogP contribution >= 0.6 is 0 Å². The quantitative estimate of drug-likeness (QED) is 0.255. The van der Waals surface area contributed by atoms with Gasteiger partial charge in [-0.25, -0.2) is 9.61 Å². The van der Waals surface area contributed by atoms with E-state index in [0.29, 0.717) is 17.2 Å². The maximum absolute atomic E-state index is 9.80. The van der Waals surface area contributed by atoms with Crippen LogP contribution in [0.5, 0.6) is 0 Å². The van der Waals surface area contributed by atoms with Gasteiger partial charge < -0.3 is 15.5 Å². The zero-order valence-corrected chi connectivity index (χ0v) is 16.4. The fourth-order valence-electron chi connectivity index (χ4n) is 3.58. The van der Waals surface area contributed by atoms with Crippen LogP contribution < -0.4 is 5.73 Å². The zero-order valence-electron chi connectivity index (χ0n) is 16.4. The molecule has 5 aromatic rings. The van der Waals surface area contributed by atoms with Crippen LogP contribution in [0.3, 0.4) is 0 Å². The maximum Gasteiger partial charge on any atom is 0.199 e. The molecule has 8 heteroatoms. The molecular formula is C23H18N6O2. The number of fused-ring (bicyclic) bond motifs is 1. The standard InChI is InChI=1S/C23H18N6O2/c24-22-21(27-31-28-22)23-25-18-8-4-5-9-20(18)29(23)14-19(26-30)17-12-10-16(11-13-17)15-6-2-1-3-7-15/h1-13,30H,14H2,(H2,24,28)/b26-19-. The molecule has 0 saturated heterocycles. The summed E-state index contributed by atoms with van der Waals surface area (Å²) in [7, 11) is 0. The van der Waals surface area contributed by atoms with Crippen molar-refractivity contribution < 1.29 is 9.84 Å². The van der Waals surface area contributed by atoms with Gasteiger partial charge in [0.2, 0.25) is 0 Å². The number of nitrogen functional groups attached to an aromatic ring is 1. The third kappa shape index (κ3) is 3.40. The van der Waals surface area contributed by atoms with Crippen molar-refractivity contribution in [3.8, 4) is 22.6 Å². The van der Waals surface area contributed by atoms with Crippen molar-refractivity contribution in [3.05, 3.63) is 84.4 Å². The largest absolute Gasteiger partial charge is 0.411 e. The van der Waals surface area contributed by atoms with Crippen LogP contribution in [-0.4, -0.2) is 30.8 Å². The summed E-state index contributed by atoms with van der Waals surface area (Å²) in [5.74, 6) is 0.633. The van der Waals surface area contributed by atoms with E-state index in [4.69, 9.17) is 10.4 Å². The van der Waals surface area contributed by atoms with E-state index < -0.39 is 0 Å². The molecule has 3 aromatic carbocycles. The first kappa shape index (κ1) is 18.6. The van der Waals surface area contributed by atoms with Gasteiger partial charge in [0.1, 0.15) is 5.71 Å². The average molecular weight is 410 g/mol. The first-order valence-corrected chi connectivity index (χ1v) is 9.65. The van der Waals surface area contributed by atoms with Crippen molar-refractivity contribution in [2.24, 2.45) is 5.16 Å². The highest BCUT2D eigenvalue weighted by Gasteiger charge is 2.20. The Morgan fingerprint density at radius 3 is 2.32 bits per heavy atom. The van der Waals surface area contributed by atoms with E-state index in [9.17, 15) is 5.21 Å². The lowest BCUT2D eigenvalue weighted by Crippen LogP contribution is -2.13. The van der Waals surface area contributed by atoms with Crippen LogP contribution in [0, 0.1) is 0 Å². The molecule has 0 aliphatic rings. The normalized spacial score (nSPS) is 11.8. The average Bonchev–Trinajstić information content (AvgIpc) is 3.41. The van der Waals surface area contributed by atoms with Gasteiger partial charge in [0.15, 0.2) is 17.3 Å². The molecule has 0 radical (unpaired) electrons. The highest BCUT2D eigenvalue weighted by atomic mass is 16.6. The Hall–Kier alpha value is -4.46. The van der Waals surface area contributed by atoms with E-state index in [1.54, 1.807) is 0 Å². The number of rotatable bonds is 5. The first-order chi connectivity index (χ1) is 15.2. The van der Waals surface area contributed by atoms with Crippen molar-refractivity contribution in [1.82, 2.24) is 19.9 Å². The molecule has 0 atom stereocenters. The Labute approximate surface area is 177 Å². The van der Waals surface area contributed by atoms with Crippen LogP contribution in [0.1, 0.15) is 5.56 Å². The fraction of sp³-hybridized carbons (Fsp3) is 0.0435. The van der Waals surface area contributed by atoms with Crippen molar-refractivity contribution >= 4 is 22.6 Å². The lowest BCUT2D eigenvalue weighted by molar-refractivity contribution is 0.310. The molecule has 31 heavy (non-hydrogen) atoms. The summed E-state index contributed by atoms with van der Waals surface area (Å²) in [4.78, 5) is 4.63. The Balaban J connectivity index is 1.54. The van der Waals surface area contributed by atoms with E-state index in [-0.39, 0.29) is 12.4 Å². The second kappa shape index (κ2) is 7.75. The van der Waals surface area contributed by atoms with Gasteiger partial charge in [-0.1, -0.05) is 71.9 Å². The van der Waals surface area contributed by atoms with Gasteiger partial charge in [0.05, 0.1) is 17.6 Å². The predicted octanol–water partition coefficient (Wildman–Crippen LogP) is 4.21. The molecule has 152 valence electrons. The number of hydrogen-bond acceptors (Lipinski definition) is 7. The van der Waals surface area contributed by atoms with E-state index >= 15 is 0 Å². The molecule has 0 spiro atoms. The van der Waals surface area contributed by atoms with E-state index in [1.165, 1.54) is 0 Å². The number of hydrogen-bond donors (Lipinski definition) is 2. The number of nitrogens with two attached hydrogens (primary N) is 1. The van der Waals surface area contributed by atoms with Gasteiger partial charge >= 0.3 is 0 Å². The van der Waals surface area contributed by atoms with E-state index in [2.05, 4.69) is 32.6 Å². The highest BCUT2D eigenvalue weighted by molar-refractivity contribution is 6.01. The van der Waals surface area contributed by atoms with Gasteiger partial charge in [0.25, 0.3) is 0 Å². The summed E-state index contributed by atoms with van der Waals surface area (Å²) in [6, 6.07) is 25.6. The van der Waals surface area contributed by atoms with Gasteiger partial charge in [-0.3, -0.25) is 0 Å². The van der Waals surface area contributed by atoms with Gasteiger partial charge in [-0.15, -0.1) is 0 Å². The molecule has 2 aromatic heterocycles. The number of anilines is 1. The lowest BCUT2D eigenvalue weighted by Gasteiger charge is -2.11. The summed E-state index contributed by atoms with van der Waals surface area (Å²) in [6.45, 7) is 0.253. The van der Waals surface area contributed by atoms with E-state index in [1.807, 2.05) is 71.3 Å². The molecular weight excluding hydrogens is 392 g/mol. The molecule has 0 aliphatic heterocycles. The van der Waals surface area contributed by atoms with Crippen molar-refractivity contribution in [2.75, 3.05) is 5.73 Å². The minimum atomic E-state index is 0.145. The topological polar surface area (TPSA) is 115 Å². The second-order valence-electron chi connectivity index (χ2n) is 7.00. The molecule has 3 N–H and O–H groups in total. The summed E-state index contributed by atoms with van der Waals surface area (Å²) in [6.07, 6.45) is 0. The summed E-state index contributed by atoms with van der Waals surface area (Å²) < 4.78 is 6.64. The molecule has 0 aliphatic carbocycles. The molecule has 0 unspecified atom stereocenters. The van der Waals surface area contributed by atoms with Crippen LogP contribution in [0.15, 0.2) is 88.6 Å². The second-order valence-corrected chi connectivity index (χ2v) is 7.00. The number of nitrogens with zero attached hydrogens (tertiary/aromatic N) is 5. The molecule has 0 amide bonds. The lowest BCUT2D eigenvalue weighted by atomic mass is 10.0. The number of imidazole rings is 1. The summed E-state index contributed by atoms with van der Waals surface area (Å²) in [5, 5.41) is 20.9. The molecule has 8 nitrogen and oxygen atoms in total. The number of para-hydroxylation sites is 2. The fourth-order valence-corrected chi connectivity index (χ4v) is 3.58. The molecule has 0 bridgehead atoms. The maximum atomic E-state index is 9.80. The third-order valence-electron chi connectivity index (χ3n) is 5.13. The number of oxime groups is 1. The molecule has 2 heterocycles. The van der Waals surface area contributed by atoms with E-state index in [0.717, 1.165) is 27.7 Å². The zero-order chi connectivity index (χ0) is 21.2. The smallest absolute Gasteiger partial charge is 0.199 e. The summed E-state index contributed by atoms with van der Waals surface area (Å²) >= 11 is 0. The summed E-state index contributed by atoms with van der Waals surface area (Å²) in [5.41, 5.74) is 11.3. The monoisotopic (exact) mass is 410 g/mol. The Morgan fingerprint density at radius 1 is 0.903 bits per heavy atom. The minimum Gasteiger partial charge on any atom is -0.411 e. The van der Waals surface area contributed by atoms with Crippen LogP contribution in [0.2, 0.25) is 0 Å². The molecule has 0 saturated carbocycles. The minimum absolute atomic E-state index is 0.145. The first-order valence-electron chi connectivity index (χ1n) is 9.65. The molecule has 5 rings (SSSR count).